The highest BCUT2D eigenvalue weighted by molar-refractivity contribution is 7.89. The number of hydrogen-bond donors (Lipinski definition) is 2. The fourth-order valence-electron chi connectivity index (χ4n) is 2.14. The second-order valence-corrected chi connectivity index (χ2v) is 7.33. The van der Waals surface area contributed by atoms with E-state index in [1.165, 1.54) is 4.31 Å². The predicted molar refractivity (Wildman–Crippen MR) is 95.9 cm³/mol. The van der Waals surface area contributed by atoms with Crippen molar-refractivity contribution in [1.82, 2.24) is 9.62 Å². The zero-order valence-electron chi connectivity index (χ0n) is 13.9. The number of aryl methyl sites for hydroxylation is 1. The fraction of sp³-hybridized carbons (Fsp3) is 0.533. The lowest BCUT2D eigenvalue weighted by molar-refractivity contribution is 0.445. The van der Waals surface area contributed by atoms with Crippen molar-refractivity contribution in [3.05, 3.63) is 23.3 Å². The Morgan fingerprint density at radius 3 is 2.27 bits per heavy atom. The van der Waals surface area contributed by atoms with E-state index in [0.29, 0.717) is 29.6 Å². The van der Waals surface area contributed by atoms with Crippen molar-refractivity contribution in [3.8, 4) is 0 Å². The Bertz CT molecular complexity index is 638. The molecule has 2 N–H and O–H groups in total. The molecule has 0 spiro atoms. The molecule has 0 aromatic heterocycles. The van der Waals surface area contributed by atoms with Gasteiger partial charge in [-0.1, -0.05) is 13.8 Å². The van der Waals surface area contributed by atoms with E-state index in [2.05, 4.69) is 10.6 Å². The summed E-state index contributed by atoms with van der Waals surface area (Å²) in [6, 6.07) is 3.37. The molecule has 1 aromatic rings. The van der Waals surface area contributed by atoms with E-state index >= 15 is 0 Å². The molecule has 0 heterocycles. The van der Waals surface area contributed by atoms with E-state index in [0.717, 1.165) is 16.8 Å². The van der Waals surface area contributed by atoms with Gasteiger partial charge in [0.05, 0.1) is 4.90 Å². The van der Waals surface area contributed by atoms with Crippen molar-refractivity contribution in [2.45, 2.75) is 39.5 Å². The van der Waals surface area contributed by atoms with Crippen LogP contribution in [0.1, 0.15) is 31.9 Å². The van der Waals surface area contributed by atoms with Crippen LogP contribution < -0.4 is 10.6 Å². The predicted octanol–water partition coefficient (Wildman–Crippen LogP) is 2.64. The molecule has 0 saturated carbocycles. The van der Waals surface area contributed by atoms with Gasteiger partial charge in [-0.25, -0.2) is 8.42 Å². The Kier molecular flexibility index (Phi) is 6.77. The maximum Gasteiger partial charge on any atom is 0.243 e. The van der Waals surface area contributed by atoms with Crippen molar-refractivity contribution in [3.63, 3.8) is 0 Å². The first-order valence-electron chi connectivity index (χ1n) is 7.44. The third kappa shape index (κ3) is 4.18. The van der Waals surface area contributed by atoms with E-state index in [1.807, 2.05) is 34.6 Å². The van der Waals surface area contributed by atoms with Gasteiger partial charge in [0.25, 0.3) is 0 Å². The van der Waals surface area contributed by atoms with E-state index in [1.54, 1.807) is 12.1 Å². The molecular formula is C15H25N3O2S2. The van der Waals surface area contributed by atoms with Gasteiger partial charge in [0.2, 0.25) is 10.0 Å². The highest BCUT2D eigenvalue weighted by Gasteiger charge is 2.23. The second-order valence-electron chi connectivity index (χ2n) is 4.99. The molecule has 0 fully saturated rings. The number of rotatable bonds is 6. The topological polar surface area (TPSA) is 61.4 Å². The molecular weight excluding hydrogens is 318 g/mol. The summed E-state index contributed by atoms with van der Waals surface area (Å²) < 4.78 is 26.8. The molecule has 0 saturated heterocycles. The van der Waals surface area contributed by atoms with Crippen LogP contribution in [0.15, 0.2) is 17.0 Å². The van der Waals surface area contributed by atoms with Crippen molar-refractivity contribution < 1.29 is 8.42 Å². The molecule has 22 heavy (non-hydrogen) atoms. The van der Waals surface area contributed by atoms with Gasteiger partial charge in [-0.05, 0) is 56.2 Å². The number of anilines is 1. The van der Waals surface area contributed by atoms with E-state index in [4.69, 9.17) is 12.2 Å². The summed E-state index contributed by atoms with van der Waals surface area (Å²) >= 11 is 5.19. The highest BCUT2D eigenvalue weighted by Crippen LogP contribution is 2.26. The van der Waals surface area contributed by atoms with E-state index < -0.39 is 10.0 Å². The van der Waals surface area contributed by atoms with Crippen molar-refractivity contribution >= 4 is 33.0 Å². The van der Waals surface area contributed by atoms with Crippen LogP contribution >= 0.6 is 12.2 Å². The van der Waals surface area contributed by atoms with Gasteiger partial charge in [-0.3, -0.25) is 0 Å². The molecule has 0 aliphatic rings. The third-order valence-electron chi connectivity index (χ3n) is 3.57. The summed E-state index contributed by atoms with van der Waals surface area (Å²) in [6.07, 6.45) is 0. The average Bonchev–Trinajstić information content (AvgIpc) is 2.44. The van der Waals surface area contributed by atoms with Crippen LogP contribution in [-0.4, -0.2) is 37.5 Å². The maximum atomic E-state index is 12.7. The summed E-state index contributed by atoms with van der Waals surface area (Å²) in [4.78, 5) is 0.293. The van der Waals surface area contributed by atoms with E-state index in [-0.39, 0.29) is 0 Å². The Morgan fingerprint density at radius 1 is 1.18 bits per heavy atom. The van der Waals surface area contributed by atoms with Crippen LogP contribution in [0.2, 0.25) is 0 Å². The first kappa shape index (κ1) is 18.9. The monoisotopic (exact) mass is 343 g/mol. The van der Waals surface area contributed by atoms with Gasteiger partial charge < -0.3 is 10.6 Å². The molecule has 0 bridgehead atoms. The van der Waals surface area contributed by atoms with Crippen molar-refractivity contribution in [2.75, 3.05) is 25.0 Å². The average molecular weight is 344 g/mol. The lowest BCUT2D eigenvalue weighted by Crippen LogP contribution is -2.31. The Hall–Kier alpha value is -1.18. The molecule has 0 atom stereocenters. The zero-order chi connectivity index (χ0) is 16.9. The van der Waals surface area contributed by atoms with Gasteiger partial charge in [0.15, 0.2) is 5.11 Å². The molecule has 0 aliphatic heterocycles. The molecule has 7 heteroatoms. The van der Waals surface area contributed by atoms with Crippen molar-refractivity contribution in [1.29, 1.82) is 0 Å². The number of thiocarbonyl (C=S) groups is 1. The molecule has 5 nitrogen and oxygen atoms in total. The molecule has 0 amide bonds. The minimum Gasteiger partial charge on any atom is -0.363 e. The molecule has 0 unspecified atom stereocenters. The minimum atomic E-state index is -3.48. The van der Waals surface area contributed by atoms with Gasteiger partial charge in [0, 0.05) is 25.3 Å². The molecule has 124 valence electrons. The van der Waals surface area contributed by atoms with Gasteiger partial charge >= 0.3 is 0 Å². The molecule has 0 radical (unpaired) electrons. The summed E-state index contributed by atoms with van der Waals surface area (Å²) in [7, 11) is -3.48. The number of hydrogen-bond acceptors (Lipinski definition) is 3. The van der Waals surface area contributed by atoms with Crippen LogP contribution in [0.4, 0.5) is 5.69 Å². The van der Waals surface area contributed by atoms with Crippen molar-refractivity contribution in [2.24, 2.45) is 0 Å². The third-order valence-corrected chi connectivity index (χ3v) is 5.84. The highest BCUT2D eigenvalue weighted by atomic mass is 32.2. The molecule has 0 aliphatic carbocycles. The Balaban J connectivity index is 3.29. The standard InChI is InChI=1S/C15H25N3O2S2/c1-6-16-15(21)17-14-10-13(9-11(4)12(14)5)22(19,20)18(7-2)8-3/h9-10H,6-8H2,1-5H3,(H2,16,17,21). The fourth-order valence-corrected chi connectivity index (χ4v) is 3.97. The SMILES string of the molecule is CCNC(=S)Nc1cc(S(=O)(=O)N(CC)CC)cc(C)c1C. The lowest BCUT2D eigenvalue weighted by atomic mass is 10.1. The van der Waals surface area contributed by atoms with Crippen LogP contribution in [-0.2, 0) is 10.0 Å². The molecule has 1 aromatic carbocycles. The summed E-state index contributed by atoms with van der Waals surface area (Å²) in [5.41, 5.74) is 2.62. The number of nitrogens with zero attached hydrogens (tertiary/aromatic N) is 1. The normalized spacial score (nSPS) is 11.5. The smallest absolute Gasteiger partial charge is 0.243 e. The van der Waals surface area contributed by atoms with Gasteiger partial charge in [-0.2, -0.15) is 4.31 Å². The van der Waals surface area contributed by atoms with Gasteiger partial charge in [-0.15, -0.1) is 0 Å². The largest absolute Gasteiger partial charge is 0.363 e. The van der Waals surface area contributed by atoms with Crippen LogP contribution in [0.3, 0.4) is 0 Å². The lowest BCUT2D eigenvalue weighted by Gasteiger charge is -2.21. The Labute approximate surface area is 139 Å². The van der Waals surface area contributed by atoms with Crippen LogP contribution in [0, 0.1) is 13.8 Å². The molecule has 1 rings (SSSR count). The maximum absolute atomic E-state index is 12.7. The first-order valence-corrected chi connectivity index (χ1v) is 9.28. The quantitative estimate of drug-likeness (QED) is 0.778. The van der Waals surface area contributed by atoms with Crippen LogP contribution in [0.5, 0.6) is 0 Å². The number of nitrogens with one attached hydrogen (secondary N) is 2. The van der Waals surface area contributed by atoms with Crippen LogP contribution in [0.25, 0.3) is 0 Å². The number of benzene rings is 1. The number of sulfonamides is 1. The first-order chi connectivity index (χ1) is 10.3. The summed E-state index contributed by atoms with van der Waals surface area (Å²) in [5.74, 6) is 0. The van der Waals surface area contributed by atoms with E-state index in [9.17, 15) is 8.42 Å². The minimum absolute atomic E-state index is 0.293. The zero-order valence-corrected chi connectivity index (χ0v) is 15.5. The van der Waals surface area contributed by atoms with Gasteiger partial charge in [0.1, 0.15) is 0 Å². The summed E-state index contributed by atoms with van der Waals surface area (Å²) in [6.45, 7) is 11.1. The summed E-state index contributed by atoms with van der Waals surface area (Å²) in [5, 5.41) is 6.57. The second kappa shape index (κ2) is 7.89. The Morgan fingerprint density at radius 2 is 1.77 bits per heavy atom.